The molecular weight excluding hydrogens is 418 g/mol. The highest BCUT2D eigenvalue weighted by molar-refractivity contribution is 8.00. The van der Waals surface area contributed by atoms with Gasteiger partial charge in [0.15, 0.2) is 5.78 Å². The third kappa shape index (κ3) is 4.04. The van der Waals surface area contributed by atoms with E-state index in [-0.39, 0.29) is 21.3 Å². The Morgan fingerprint density at radius 2 is 1.87 bits per heavy atom. The number of pyridine rings is 1. The van der Waals surface area contributed by atoms with E-state index in [0.717, 1.165) is 15.7 Å². The normalized spacial score (nSPS) is 18.0. The van der Waals surface area contributed by atoms with Crippen molar-refractivity contribution in [2.75, 3.05) is 26.0 Å². The maximum absolute atomic E-state index is 12.9. The van der Waals surface area contributed by atoms with Gasteiger partial charge >= 0.3 is 0 Å². The molecular formula is C22H27N3O3S2. The van der Waals surface area contributed by atoms with Gasteiger partial charge in [0.1, 0.15) is 4.90 Å². The van der Waals surface area contributed by atoms with Gasteiger partial charge in [-0.05, 0) is 30.7 Å². The summed E-state index contributed by atoms with van der Waals surface area (Å²) in [5, 5.41) is 0.253. The minimum atomic E-state index is -3.52. The molecule has 6 nitrogen and oxygen atoms in total. The predicted octanol–water partition coefficient (Wildman–Crippen LogP) is 3.69. The van der Waals surface area contributed by atoms with E-state index in [0.29, 0.717) is 5.03 Å². The average Bonchev–Trinajstić information content (AvgIpc) is 2.89. The number of fused-ring (bicyclic) bond motifs is 1. The third-order valence-corrected chi connectivity index (χ3v) is 8.27. The van der Waals surface area contributed by atoms with Gasteiger partial charge in [0.05, 0.1) is 10.3 Å². The van der Waals surface area contributed by atoms with Gasteiger partial charge < -0.3 is 4.90 Å². The summed E-state index contributed by atoms with van der Waals surface area (Å²) in [6.45, 7) is 6.08. The van der Waals surface area contributed by atoms with Crippen molar-refractivity contribution in [3.63, 3.8) is 0 Å². The number of allylic oxidation sites excluding steroid dienone is 2. The van der Waals surface area contributed by atoms with Crippen molar-refractivity contribution in [1.82, 2.24) is 9.29 Å². The van der Waals surface area contributed by atoms with Crippen molar-refractivity contribution in [2.24, 2.45) is 0 Å². The van der Waals surface area contributed by atoms with Crippen molar-refractivity contribution < 1.29 is 13.2 Å². The van der Waals surface area contributed by atoms with Gasteiger partial charge in [-0.25, -0.2) is 17.7 Å². The van der Waals surface area contributed by atoms with Gasteiger partial charge in [0.25, 0.3) is 0 Å². The number of aromatic nitrogens is 1. The van der Waals surface area contributed by atoms with Crippen LogP contribution in [0.25, 0.3) is 0 Å². The number of rotatable bonds is 6. The summed E-state index contributed by atoms with van der Waals surface area (Å²) in [5.41, 5.74) is 3.01. The van der Waals surface area contributed by atoms with Crippen LogP contribution in [-0.4, -0.2) is 49.9 Å². The summed E-state index contributed by atoms with van der Waals surface area (Å²) in [6.07, 6.45) is 3.06. The first-order chi connectivity index (χ1) is 14.0. The maximum atomic E-state index is 12.9. The van der Waals surface area contributed by atoms with Crippen LogP contribution in [0.15, 0.2) is 64.3 Å². The number of anilines is 1. The molecule has 8 heteroatoms. The quantitative estimate of drug-likeness (QED) is 0.499. The van der Waals surface area contributed by atoms with Crippen molar-refractivity contribution in [3.8, 4) is 0 Å². The molecule has 0 spiro atoms. The highest BCUT2D eigenvalue weighted by Crippen LogP contribution is 2.46. The summed E-state index contributed by atoms with van der Waals surface area (Å²) in [5.74, 6) is -0.00507. The van der Waals surface area contributed by atoms with Crippen molar-refractivity contribution in [3.05, 3.63) is 59.9 Å². The van der Waals surface area contributed by atoms with E-state index in [2.05, 4.69) is 35.9 Å². The van der Waals surface area contributed by atoms with Crippen LogP contribution in [0.1, 0.15) is 26.3 Å². The SMILES string of the molecule is CC(Sc1ccc(S(=O)(=O)N(C)C)cn1)C(=O)/C=C1/N(C)c2ccccc2C1(C)C. The van der Waals surface area contributed by atoms with E-state index in [1.807, 2.05) is 26.1 Å². The van der Waals surface area contributed by atoms with E-state index in [1.165, 1.54) is 43.7 Å². The standard InChI is InChI=1S/C22H27N3O3S2/c1-15(29-21-12-11-16(14-23-21)30(27,28)24(4)5)19(26)13-20-22(2,3)17-9-7-8-10-18(17)25(20)6/h7-15H,1-6H3/b20-13+. The third-order valence-electron chi connectivity index (χ3n) is 5.41. The maximum Gasteiger partial charge on any atom is 0.244 e. The fourth-order valence-corrected chi connectivity index (χ4v) is 5.20. The number of hydrogen-bond donors (Lipinski definition) is 0. The summed E-state index contributed by atoms with van der Waals surface area (Å²) in [4.78, 5) is 19.4. The number of carbonyl (C=O) groups is 1. The second kappa shape index (κ2) is 8.17. The number of carbonyl (C=O) groups excluding carboxylic acids is 1. The van der Waals surface area contributed by atoms with Crippen LogP contribution in [0, 0.1) is 0 Å². The Morgan fingerprint density at radius 1 is 1.20 bits per heavy atom. The predicted molar refractivity (Wildman–Crippen MR) is 121 cm³/mol. The van der Waals surface area contributed by atoms with Crippen molar-refractivity contribution >= 4 is 33.3 Å². The minimum Gasteiger partial charge on any atom is -0.347 e. The molecule has 0 aliphatic carbocycles. The Bertz CT molecular complexity index is 1090. The molecule has 30 heavy (non-hydrogen) atoms. The van der Waals surface area contributed by atoms with Crippen LogP contribution in [0.3, 0.4) is 0 Å². The molecule has 2 heterocycles. The van der Waals surface area contributed by atoms with Gasteiger partial charge in [0, 0.05) is 50.2 Å². The van der Waals surface area contributed by atoms with Crippen LogP contribution in [-0.2, 0) is 20.2 Å². The van der Waals surface area contributed by atoms with Crippen molar-refractivity contribution in [2.45, 2.75) is 41.4 Å². The lowest BCUT2D eigenvalue weighted by atomic mass is 9.83. The summed E-state index contributed by atoms with van der Waals surface area (Å²) in [6, 6.07) is 11.3. The number of hydrogen-bond acceptors (Lipinski definition) is 6. The first kappa shape index (κ1) is 22.5. The molecule has 1 aliphatic heterocycles. The van der Waals surface area contributed by atoms with E-state index in [4.69, 9.17) is 0 Å². The molecule has 2 aromatic rings. The lowest BCUT2D eigenvalue weighted by molar-refractivity contribution is -0.114. The molecule has 160 valence electrons. The van der Waals surface area contributed by atoms with Crippen LogP contribution >= 0.6 is 11.8 Å². The number of benzene rings is 1. The molecule has 3 rings (SSSR count). The molecule has 0 bridgehead atoms. The lowest BCUT2D eigenvalue weighted by Gasteiger charge is -2.24. The van der Waals surface area contributed by atoms with Gasteiger partial charge in [-0.2, -0.15) is 0 Å². The van der Waals surface area contributed by atoms with Gasteiger partial charge in [0.2, 0.25) is 10.0 Å². The van der Waals surface area contributed by atoms with E-state index < -0.39 is 10.0 Å². The fourth-order valence-electron chi connectivity index (χ4n) is 3.55. The Labute approximate surface area is 183 Å². The smallest absolute Gasteiger partial charge is 0.244 e. The molecule has 1 atom stereocenters. The van der Waals surface area contributed by atoms with Crippen LogP contribution in [0.5, 0.6) is 0 Å². The molecule has 0 N–H and O–H groups in total. The molecule has 0 saturated carbocycles. The second-order valence-corrected chi connectivity index (χ2v) is 11.5. The monoisotopic (exact) mass is 445 g/mol. The number of nitrogens with zero attached hydrogens (tertiary/aromatic N) is 3. The largest absolute Gasteiger partial charge is 0.347 e. The molecule has 0 amide bonds. The van der Waals surface area contributed by atoms with E-state index in [1.54, 1.807) is 12.1 Å². The molecule has 1 aromatic heterocycles. The van der Waals surface area contributed by atoms with Gasteiger partial charge in [-0.1, -0.05) is 43.8 Å². The zero-order valence-electron chi connectivity index (χ0n) is 18.1. The topological polar surface area (TPSA) is 70.6 Å². The van der Waals surface area contributed by atoms with Crippen LogP contribution in [0.4, 0.5) is 5.69 Å². The molecule has 1 aliphatic rings. The first-order valence-electron chi connectivity index (χ1n) is 9.60. The van der Waals surface area contributed by atoms with E-state index in [9.17, 15) is 13.2 Å². The average molecular weight is 446 g/mol. The van der Waals surface area contributed by atoms with Crippen LogP contribution < -0.4 is 4.90 Å². The second-order valence-electron chi connectivity index (χ2n) is 8.01. The molecule has 0 fully saturated rings. The zero-order valence-corrected chi connectivity index (χ0v) is 19.7. The number of sulfonamides is 1. The van der Waals surface area contributed by atoms with E-state index >= 15 is 0 Å². The van der Waals surface area contributed by atoms with Gasteiger partial charge in [-0.15, -0.1) is 0 Å². The zero-order chi connectivity index (χ0) is 22.3. The van der Waals surface area contributed by atoms with Crippen LogP contribution in [0.2, 0.25) is 0 Å². The minimum absolute atomic E-state index is 0.00507. The molecule has 0 saturated heterocycles. The molecule has 1 unspecified atom stereocenters. The fraction of sp³-hybridized carbons (Fsp3) is 0.364. The highest BCUT2D eigenvalue weighted by atomic mass is 32.2. The summed E-state index contributed by atoms with van der Waals surface area (Å²) >= 11 is 1.32. The highest BCUT2D eigenvalue weighted by Gasteiger charge is 2.38. The number of ketones is 1. The number of thioether (sulfide) groups is 1. The number of para-hydroxylation sites is 1. The Kier molecular flexibility index (Phi) is 6.13. The first-order valence-corrected chi connectivity index (χ1v) is 11.9. The summed E-state index contributed by atoms with van der Waals surface area (Å²) < 4.78 is 25.5. The van der Waals surface area contributed by atoms with Crippen molar-refractivity contribution in [1.29, 1.82) is 0 Å². The Balaban J connectivity index is 1.77. The van der Waals surface area contributed by atoms with Gasteiger partial charge in [-0.3, -0.25) is 4.79 Å². The molecule has 0 radical (unpaired) electrons. The summed E-state index contributed by atoms with van der Waals surface area (Å²) in [7, 11) is 1.42. The Morgan fingerprint density at radius 3 is 2.43 bits per heavy atom. The number of likely N-dealkylation sites (N-methyl/N-ethyl adjacent to an activating group) is 1. The molecule has 1 aromatic carbocycles. The Hall–Kier alpha value is -2.16. The lowest BCUT2D eigenvalue weighted by Crippen LogP contribution is -2.25.